The lowest BCUT2D eigenvalue weighted by atomic mass is 10.0. The monoisotopic (exact) mass is 434 g/mol. The maximum absolute atomic E-state index is 13.8. The number of benzene rings is 3. The van der Waals surface area contributed by atoms with Gasteiger partial charge in [-0.2, -0.15) is 5.26 Å². The van der Waals surface area contributed by atoms with Crippen molar-refractivity contribution in [3.05, 3.63) is 105 Å². The summed E-state index contributed by atoms with van der Waals surface area (Å²) in [5.74, 6) is -0.705. The second kappa shape index (κ2) is 9.12. The van der Waals surface area contributed by atoms with Crippen LogP contribution in [0.15, 0.2) is 82.8 Å². The van der Waals surface area contributed by atoms with Gasteiger partial charge in [0.1, 0.15) is 17.5 Å². The molecule has 0 aromatic heterocycles. The molecule has 28 heavy (non-hydrogen) atoms. The summed E-state index contributed by atoms with van der Waals surface area (Å²) in [6, 6.07) is 23.0. The van der Waals surface area contributed by atoms with Crippen LogP contribution in [0.25, 0.3) is 6.08 Å². The quantitative estimate of drug-likeness (QED) is 0.412. The molecule has 0 unspecified atom stereocenters. The molecule has 1 N–H and O–H groups in total. The van der Waals surface area contributed by atoms with Crippen molar-refractivity contribution in [3.8, 4) is 6.07 Å². The summed E-state index contributed by atoms with van der Waals surface area (Å²) in [7, 11) is 0. The number of carbonyl (C=O) groups excluding carboxylic acids is 1. The van der Waals surface area contributed by atoms with Crippen molar-refractivity contribution in [1.29, 1.82) is 5.26 Å². The third-order valence-corrected chi connectivity index (χ3v) is 4.64. The zero-order valence-electron chi connectivity index (χ0n) is 14.8. The first-order valence-corrected chi connectivity index (χ1v) is 9.35. The Balaban J connectivity index is 1.72. The Morgan fingerprint density at radius 3 is 2.36 bits per heavy atom. The number of hydrogen-bond donors (Lipinski definition) is 1. The van der Waals surface area contributed by atoms with Crippen molar-refractivity contribution in [3.63, 3.8) is 0 Å². The van der Waals surface area contributed by atoms with E-state index in [9.17, 15) is 14.4 Å². The van der Waals surface area contributed by atoms with E-state index in [1.165, 1.54) is 12.1 Å². The highest BCUT2D eigenvalue weighted by atomic mass is 79.9. The second-order valence-electron chi connectivity index (χ2n) is 6.14. The van der Waals surface area contributed by atoms with Crippen molar-refractivity contribution in [2.24, 2.45) is 0 Å². The molecule has 0 saturated heterocycles. The number of rotatable bonds is 5. The zero-order valence-corrected chi connectivity index (χ0v) is 16.4. The van der Waals surface area contributed by atoms with E-state index in [1.54, 1.807) is 54.6 Å². The minimum Gasteiger partial charge on any atom is -0.321 e. The lowest BCUT2D eigenvalue weighted by molar-refractivity contribution is -0.112. The number of hydrogen-bond acceptors (Lipinski definition) is 2. The van der Waals surface area contributed by atoms with Gasteiger partial charge in [0.2, 0.25) is 0 Å². The summed E-state index contributed by atoms with van der Waals surface area (Å²) in [4.78, 5) is 12.3. The van der Waals surface area contributed by atoms with E-state index in [1.807, 2.05) is 18.2 Å². The van der Waals surface area contributed by atoms with Crippen LogP contribution >= 0.6 is 15.9 Å². The van der Waals surface area contributed by atoms with Gasteiger partial charge in [-0.1, -0.05) is 58.4 Å². The normalized spacial score (nSPS) is 11.0. The minimum absolute atomic E-state index is 0.00442. The number of anilines is 1. The molecule has 0 spiro atoms. The van der Waals surface area contributed by atoms with Crippen LogP contribution < -0.4 is 5.32 Å². The largest absolute Gasteiger partial charge is 0.321 e. The summed E-state index contributed by atoms with van der Waals surface area (Å²) in [5, 5.41) is 12.0. The van der Waals surface area contributed by atoms with E-state index >= 15 is 0 Å². The molecule has 0 atom stereocenters. The molecule has 0 aliphatic carbocycles. The Morgan fingerprint density at radius 1 is 1.04 bits per heavy atom. The molecule has 0 heterocycles. The Labute approximate surface area is 171 Å². The highest BCUT2D eigenvalue weighted by molar-refractivity contribution is 9.10. The average Bonchev–Trinajstić information content (AvgIpc) is 2.70. The number of nitriles is 1. The SMILES string of the molecule is N#C/C(=C\c1ccc(Cc2ccccc2F)cc1)C(=O)Nc1ccc(Br)cc1. The van der Waals surface area contributed by atoms with E-state index in [2.05, 4.69) is 21.2 Å². The molecule has 5 heteroatoms. The molecule has 0 bridgehead atoms. The molecule has 0 aliphatic heterocycles. The van der Waals surface area contributed by atoms with Gasteiger partial charge in [0.05, 0.1) is 0 Å². The highest BCUT2D eigenvalue weighted by Crippen LogP contribution is 2.17. The first kappa shape index (κ1) is 19.5. The number of amides is 1. The van der Waals surface area contributed by atoms with E-state index in [0.29, 0.717) is 17.7 Å². The van der Waals surface area contributed by atoms with Crippen molar-refractivity contribution in [2.75, 3.05) is 5.32 Å². The van der Waals surface area contributed by atoms with Gasteiger partial charge < -0.3 is 5.32 Å². The summed E-state index contributed by atoms with van der Waals surface area (Å²) in [6.07, 6.45) is 2.01. The van der Waals surface area contributed by atoms with Gasteiger partial charge in [-0.25, -0.2) is 4.39 Å². The molecule has 1 amide bonds. The Morgan fingerprint density at radius 2 is 1.71 bits per heavy atom. The fraction of sp³-hybridized carbons (Fsp3) is 0.0435. The van der Waals surface area contributed by atoms with Gasteiger partial charge in [-0.3, -0.25) is 4.79 Å². The maximum atomic E-state index is 13.8. The molecule has 0 saturated carbocycles. The third kappa shape index (κ3) is 5.15. The van der Waals surface area contributed by atoms with Crippen LogP contribution in [0.2, 0.25) is 0 Å². The predicted octanol–water partition coefficient (Wildman–Crippen LogP) is 5.72. The molecule has 0 fully saturated rings. The summed E-state index contributed by atoms with van der Waals surface area (Å²) < 4.78 is 14.7. The molecule has 3 aromatic rings. The lowest BCUT2D eigenvalue weighted by Gasteiger charge is -2.06. The van der Waals surface area contributed by atoms with E-state index in [0.717, 1.165) is 15.6 Å². The standard InChI is InChI=1S/C23H16BrFN2O/c24-20-9-11-21(12-10-20)27-23(28)19(15-26)14-17-7-5-16(6-8-17)13-18-3-1-2-4-22(18)25/h1-12,14H,13H2,(H,27,28)/b19-14+. The van der Waals surface area contributed by atoms with E-state index in [4.69, 9.17) is 0 Å². The molecule has 0 radical (unpaired) electrons. The second-order valence-corrected chi connectivity index (χ2v) is 7.06. The van der Waals surface area contributed by atoms with Gasteiger partial charge in [0, 0.05) is 16.6 Å². The smallest absolute Gasteiger partial charge is 0.266 e. The Bertz CT molecular complexity index is 1050. The number of nitrogens with one attached hydrogen (secondary N) is 1. The summed E-state index contributed by atoms with van der Waals surface area (Å²) >= 11 is 3.33. The summed E-state index contributed by atoms with van der Waals surface area (Å²) in [6.45, 7) is 0. The van der Waals surface area contributed by atoms with Crippen LogP contribution in [0.3, 0.4) is 0 Å². The molecular weight excluding hydrogens is 419 g/mol. The first-order chi connectivity index (χ1) is 13.5. The van der Waals surface area contributed by atoms with Crippen LogP contribution in [0.4, 0.5) is 10.1 Å². The minimum atomic E-state index is -0.472. The van der Waals surface area contributed by atoms with Crippen molar-refractivity contribution < 1.29 is 9.18 Å². The van der Waals surface area contributed by atoms with Gasteiger partial charge in [-0.05, 0) is 53.1 Å². The number of carbonyl (C=O) groups is 1. The van der Waals surface area contributed by atoms with Crippen molar-refractivity contribution in [1.82, 2.24) is 0 Å². The van der Waals surface area contributed by atoms with Crippen molar-refractivity contribution in [2.45, 2.75) is 6.42 Å². The maximum Gasteiger partial charge on any atom is 0.266 e. The topological polar surface area (TPSA) is 52.9 Å². The molecule has 3 aromatic carbocycles. The van der Waals surface area contributed by atoms with Gasteiger partial charge in [-0.15, -0.1) is 0 Å². The molecule has 3 rings (SSSR count). The predicted molar refractivity (Wildman–Crippen MR) is 112 cm³/mol. The van der Waals surface area contributed by atoms with Crippen molar-refractivity contribution >= 4 is 33.6 Å². The fourth-order valence-electron chi connectivity index (χ4n) is 2.64. The molecular formula is C23H16BrFN2O. The average molecular weight is 435 g/mol. The van der Waals surface area contributed by atoms with Crippen LogP contribution in [-0.2, 0) is 11.2 Å². The fourth-order valence-corrected chi connectivity index (χ4v) is 2.90. The third-order valence-electron chi connectivity index (χ3n) is 4.11. The van der Waals surface area contributed by atoms with Crippen LogP contribution in [0.1, 0.15) is 16.7 Å². The van der Waals surface area contributed by atoms with Crippen LogP contribution in [0.5, 0.6) is 0 Å². The van der Waals surface area contributed by atoms with E-state index in [-0.39, 0.29) is 11.4 Å². The van der Waals surface area contributed by atoms with Gasteiger partial charge in [0.25, 0.3) is 5.91 Å². The highest BCUT2D eigenvalue weighted by Gasteiger charge is 2.10. The summed E-state index contributed by atoms with van der Waals surface area (Å²) in [5.41, 5.74) is 2.90. The first-order valence-electron chi connectivity index (χ1n) is 8.56. The van der Waals surface area contributed by atoms with Gasteiger partial charge >= 0.3 is 0 Å². The van der Waals surface area contributed by atoms with Crippen LogP contribution in [-0.4, -0.2) is 5.91 Å². The molecule has 3 nitrogen and oxygen atoms in total. The lowest BCUT2D eigenvalue weighted by Crippen LogP contribution is -2.13. The molecule has 0 aliphatic rings. The van der Waals surface area contributed by atoms with Crippen LogP contribution in [0, 0.1) is 17.1 Å². The zero-order chi connectivity index (χ0) is 19.9. The molecule has 138 valence electrons. The van der Waals surface area contributed by atoms with E-state index < -0.39 is 5.91 Å². The van der Waals surface area contributed by atoms with Gasteiger partial charge in [0.15, 0.2) is 0 Å². The number of nitrogens with zero attached hydrogens (tertiary/aromatic N) is 1. The Hall–Kier alpha value is -3.23. The Kier molecular flexibility index (Phi) is 6.36. The number of halogens is 2.